The van der Waals surface area contributed by atoms with Crippen LogP contribution in [0.25, 0.3) is 0 Å². The molecule has 3 aliphatic rings. The highest BCUT2D eigenvalue weighted by atomic mass is 28.4. The maximum atomic E-state index is 12.9. The van der Waals surface area contributed by atoms with Crippen molar-refractivity contribution in [2.75, 3.05) is 13.1 Å². The van der Waals surface area contributed by atoms with Gasteiger partial charge < -0.3 is 24.1 Å². The lowest BCUT2D eigenvalue weighted by atomic mass is 9.82. The molecule has 34 heavy (non-hydrogen) atoms. The van der Waals surface area contributed by atoms with Gasteiger partial charge in [0.1, 0.15) is 12.3 Å². The number of fused-ring (bicyclic) bond motifs is 1. The van der Waals surface area contributed by atoms with Gasteiger partial charge in [-0.25, -0.2) is 9.59 Å². The van der Waals surface area contributed by atoms with Crippen LogP contribution in [0, 0.1) is 5.92 Å². The van der Waals surface area contributed by atoms with Crippen LogP contribution in [0.4, 0.5) is 4.79 Å². The molecule has 3 atom stereocenters. The Hall–Kier alpha value is -2.91. The summed E-state index contributed by atoms with van der Waals surface area (Å²) in [6.45, 7) is 9.14. The van der Waals surface area contributed by atoms with E-state index in [2.05, 4.69) is 19.6 Å². The van der Waals surface area contributed by atoms with Gasteiger partial charge in [0.15, 0.2) is 8.32 Å². The lowest BCUT2D eigenvalue weighted by Gasteiger charge is -2.47. The molecule has 4 rings (SSSR count). The molecule has 182 valence electrons. The third-order valence-corrected chi connectivity index (χ3v) is 7.60. The van der Waals surface area contributed by atoms with Crippen LogP contribution >= 0.6 is 0 Å². The Morgan fingerprint density at radius 2 is 1.91 bits per heavy atom. The Kier molecular flexibility index (Phi) is 6.68. The average Bonchev–Trinajstić information content (AvgIpc) is 3.12. The molecule has 9 heteroatoms. The first-order valence-electron chi connectivity index (χ1n) is 11.7. The molecule has 0 aromatic heterocycles. The van der Waals surface area contributed by atoms with E-state index in [1.54, 1.807) is 4.90 Å². The fraction of sp³-hybridized carbons (Fsp3) is 0.480. The Labute approximate surface area is 200 Å². The lowest BCUT2D eigenvalue weighted by Crippen LogP contribution is -2.63. The van der Waals surface area contributed by atoms with E-state index < -0.39 is 20.4 Å². The molecule has 0 unspecified atom stereocenters. The van der Waals surface area contributed by atoms with Crippen LogP contribution in [0.1, 0.15) is 25.3 Å². The molecule has 0 radical (unpaired) electrons. The van der Waals surface area contributed by atoms with Crippen molar-refractivity contribution in [3.05, 3.63) is 58.8 Å². The van der Waals surface area contributed by atoms with E-state index >= 15 is 0 Å². The molecule has 1 aromatic carbocycles. The zero-order chi connectivity index (χ0) is 24.6. The minimum Gasteiger partial charge on any atom is -0.477 e. The van der Waals surface area contributed by atoms with E-state index in [4.69, 9.17) is 9.16 Å². The van der Waals surface area contributed by atoms with Crippen LogP contribution < -0.4 is 0 Å². The van der Waals surface area contributed by atoms with Gasteiger partial charge in [0, 0.05) is 13.1 Å². The molecule has 1 aromatic rings. The largest absolute Gasteiger partial charge is 0.477 e. The van der Waals surface area contributed by atoms with E-state index in [0.717, 1.165) is 11.1 Å². The van der Waals surface area contributed by atoms with Gasteiger partial charge in [-0.15, -0.1) is 0 Å². The molecule has 0 saturated carbocycles. The topological polar surface area (TPSA) is 96.4 Å². The first-order valence-corrected chi connectivity index (χ1v) is 15.1. The van der Waals surface area contributed by atoms with Gasteiger partial charge in [0.05, 0.1) is 18.1 Å². The number of aliphatic carboxylic acids is 1. The molecule has 1 N–H and O–H groups in total. The summed E-state index contributed by atoms with van der Waals surface area (Å²) in [5.41, 5.74) is 2.59. The summed E-state index contributed by atoms with van der Waals surface area (Å²) >= 11 is 0. The van der Waals surface area contributed by atoms with Crippen molar-refractivity contribution in [1.29, 1.82) is 0 Å². The van der Waals surface area contributed by atoms with Gasteiger partial charge >= 0.3 is 12.1 Å². The second-order valence-corrected chi connectivity index (χ2v) is 14.5. The number of amides is 2. The number of β-lactam (4-membered cyclic amide) rings is 1. The number of carbonyl (C=O) groups excluding carboxylic acids is 2. The van der Waals surface area contributed by atoms with Crippen LogP contribution in [-0.2, 0) is 25.4 Å². The number of carboxylic acids is 1. The predicted octanol–water partition coefficient (Wildman–Crippen LogP) is 3.76. The Bertz CT molecular complexity index is 1050. The lowest BCUT2D eigenvalue weighted by molar-refractivity contribution is -0.160. The number of ether oxygens (including phenoxy) is 1. The molecule has 0 aliphatic carbocycles. The highest BCUT2D eigenvalue weighted by Crippen LogP contribution is 2.47. The molecule has 8 nitrogen and oxygen atoms in total. The smallest absolute Gasteiger partial charge is 0.410 e. The van der Waals surface area contributed by atoms with Crippen LogP contribution in [-0.4, -0.2) is 66.4 Å². The highest BCUT2D eigenvalue weighted by Gasteiger charge is 2.57. The summed E-state index contributed by atoms with van der Waals surface area (Å²) in [6.07, 6.45) is 2.27. The molecule has 1 fully saturated rings. The Morgan fingerprint density at radius 3 is 2.50 bits per heavy atom. The quantitative estimate of drug-likeness (QED) is 0.468. The SMILES string of the molecule is C[C@@H](O[Si](C)(C)C)[C@H]1C(=O)N2C(C(=O)O)=C(C3=CCN(C(=O)OCc4ccccc4)CC3)C[C@H]12. The fourth-order valence-electron chi connectivity index (χ4n) is 5.09. The van der Waals surface area contributed by atoms with E-state index in [0.29, 0.717) is 31.5 Å². The third kappa shape index (κ3) is 4.81. The van der Waals surface area contributed by atoms with E-state index in [1.807, 2.05) is 43.3 Å². The van der Waals surface area contributed by atoms with E-state index in [1.165, 1.54) is 4.90 Å². The normalized spacial score (nSPS) is 23.3. The fourth-order valence-corrected chi connectivity index (χ4v) is 6.35. The summed E-state index contributed by atoms with van der Waals surface area (Å²) in [6, 6.07) is 9.30. The number of rotatable bonds is 7. The van der Waals surface area contributed by atoms with Gasteiger partial charge in [-0.05, 0) is 56.1 Å². The number of hydrogen-bond acceptors (Lipinski definition) is 5. The molecule has 3 heterocycles. The van der Waals surface area contributed by atoms with Gasteiger partial charge in [-0.1, -0.05) is 36.4 Å². The number of carboxylic acid groups (broad SMARTS) is 1. The van der Waals surface area contributed by atoms with Crippen molar-refractivity contribution >= 4 is 26.3 Å². The van der Waals surface area contributed by atoms with Crippen LogP contribution in [0.2, 0.25) is 19.6 Å². The van der Waals surface area contributed by atoms with Gasteiger partial charge in [0.2, 0.25) is 5.91 Å². The maximum Gasteiger partial charge on any atom is 0.410 e. The van der Waals surface area contributed by atoms with Crippen molar-refractivity contribution in [1.82, 2.24) is 9.80 Å². The van der Waals surface area contributed by atoms with Gasteiger partial charge in [-0.3, -0.25) is 4.79 Å². The zero-order valence-corrected chi connectivity index (χ0v) is 21.1. The summed E-state index contributed by atoms with van der Waals surface area (Å²) in [4.78, 5) is 40.5. The minimum atomic E-state index is -1.84. The summed E-state index contributed by atoms with van der Waals surface area (Å²) < 4.78 is 11.6. The van der Waals surface area contributed by atoms with Crippen molar-refractivity contribution in [2.45, 2.75) is 58.2 Å². The number of hydrogen-bond donors (Lipinski definition) is 1. The summed E-state index contributed by atoms with van der Waals surface area (Å²) in [5, 5.41) is 9.90. The molecule has 3 aliphatic heterocycles. The number of benzene rings is 1. The average molecular weight is 485 g/mol. The van der Waals surface area contributed by atoms with Gasteiger partial charge in [0.25, 0.3) is 0 Å². The number of carbonyl (C=O) groups is 3. The first kappa shape index (κ1) is 24.2. The highest BCUT2D eigenvalue weighted by molar-refractivity contribution is 6.69. The summed E-state index contributed by atoms with van der Waals surface area (Å²) in [5.74, 6) is -1.59. The van der Waals surface area contributed by atoms with Crippen LogP contribution in [0.15, 0.2) is 53.3 Å². The zero-order valence-electron chi connectivity index (χ0n) is 20.1. The first-order chi connectivity index (χ1) is 16.1. The molecule has 0 spiro atoms. The van der Waals surface area contributed by atoms with Crippen molar-refractivity contribution < 1.29 is 28.7 Å². The van der Waals surface area contributed by atoms with Crippen molar-refractivity contribution in [3.63, 3.8) is 0 Å². The maximum absolute atomic E-state index is 12.9. The second-order valence-electron chi connectivity index (χ2n) is 10.0. The van der Waals surface area contributed by atoms with E-state index in [-0.39, 0.29) is 36.3 Å². The molecule has 1 saturated heterocycles. The van der Waals surface area contributed by atoms with Crippen molar-refractivity contribution in [2.24, 2.45) is 5.92 Å². The summed E-state index contributed by atoms with van der Waals surface area (Å²) in [7, 11) is -1.84. The van der Waals surface area contributed by atoms with Crippen LogP contribution in [0.3, 0.4) is 0 Å². The third-order valence-electron chi connectivity index (χ3n) is 6.52. The Balaban J connectivity index is 1.43. The second kappa shape index (κ2) is 9.38. The van der Waals surface area contributed by atoms with E-state index in [9.17, 15) is 19.5 Å². The molecular weight excluding hydrogens is 452 g/mol. The monoisotopic (exact) mass is 484 g/mol. The molecule has 0 bridgehead atoms. The predicted molar refractivity (Wildman–Crippen MR) is 128 cm³/mol. The molecule has 2 amide bonds. The van der Waals surface area contributed by atoms with Crippen molar-refractivity contribution in [3.8, 4) is 0 Å². The van der Waals surface area contributed by atoms with Gasteiger partial charge in [-0.2, -0.15) is 0 Å². The van der Waals surface area contributed by atoms with Crippen LogP contribution in [0.5, 0.6) is 0 Å². The molecular formula is C25H32N2O6Si. The number of nitrogens with zero attached hydrogens (tertiary/aromatic N) is 2. The Morgan fingerprint density at radius 1 is 1.21 bits per heavy atom. The minimum absolute atomic E-state index is 0.0813. The standard InChI is InChI=1S/C25H32N2O6Si/c1-16(33-34(2,3)4)21-20-14-19(22(24(29)30)27(20)23(21)28)18-10-12-26(13-11-18)25(31)32-15-17-8-6-5-7-9-17/h5-10,16,20-21H,11-15H2,1-4H3,(H,29,30)/t16-,20-,21-/m1/s1.